The summed E-state index contributed by atoms with van der Waals surface area (Å²) in [5.41, 5.74) is 0.992. The van der Waals surface area contributed by atoms with E-state index in [9.17, 15) is 0 Å². The molecule has 0 fully saturated rings. The Morgan fingerprint density at radius 3 is 2.64 bits per heavy atom. The summed E-state index contributed by atoms with van der Waals surface area (Å²) in [5, 5.41) is 8.05. The summed E-state index contributed by atoms with van der Waals surface area (Å²) in [7, 11) is 0. The molecule has 52 valence electrons. The minimum atomic E-state index is 0.992. The van der Waals surface area contributed by atoms with Crippen molar-refractivity contribution in [2.75, 3.05) is 0 Å². The van der Waals surface area contributed by atoms with Crippen molar-refractivity contribution in [1.82, 2.24) is 0 Å². The van der Waals surface area contributed by atoms with Gasteiger partial charge < -0.3 is 0 Å². The van der Waals surface area contributed by atoms with Crippen LogP contribution < -0.4 is 0 Å². The van der Waals surface area contributed by atoms with Crippen LogP contribution in [0.15, 0.2) is 35.3 Å². The molecule has 11 heavy (non-hydrogen) atoms. The zero-order chi connectivity index (χ0) is 7.94. The van der Waals surface area contributed by atoms with Gasteiger partial charge in [0, 0.05) is 11.9 Å². The fourth-order valence-corrected chi connectivity index (χ4v) is 0.685. The van der Waals surface area contributed by atoms with Gasteiger partial charge in [-0.05, 0) is 5.56 Å². The first kappa shape index (κ1) is 7.27. The van der Waals surface area contributed by atoms with Crippen LogP contribution in [0.2, 0.25) is 0 Å². The normalized spacial score (nSPS) is 7.55. The van der Waals surface area contributed by atoms with Gasteiger partial charge in [0.15, 0.2) is 0 Å². The van der Waals surface area contributed by atoms with Crippen molar-refractivity contribution in [3.8, 4) is 6.19 Å². The maximum absolute atomic E-state index is 8.05. The van der Waals surface area contributed by atoms with E-state index in [1.165, 1.54) is 0 Å². The Kier molecular flexibility index (Phi) is 2.68. The molecule has 2 nitrogen and oxygen atoms in total. The van der Waals surface area contributed by atoms with Crippen LogP contribution in [-0.2, 0) is 0 Å². The fraction of sp³-hybridized carbons (Fsp3) is 0. The monoisotopic (exact) mass is 142 g/mol. The van der Waals surface area contributed by atoms with E-state index in [0.717, 1.165) is 5.56 Å². The average molecular weight is 142 g/mol. The molecular weight excluding hydrogens is 136 g/mol. The van der Waals surface area contributed by atoms with Crippen LogP contribution in [-0.4, -0.2) is 5.87 Å². The first-order valence-electron chi connectivity index (χ1n) is 3.16. The third-order valence-corrected chi connectivity index (χ3v) is 1.15. The van der Waals surface area contributed by atoms with Crippen LogP contribution in [0.4, 0.5) is 0 Å². The molecule has 0 amide bonds. The van der Waals surface area contributed by atoms with Gasteiger partial charge in [-0.25, -0.2) is 0 Å². The minimum Gasteiger partial charge on any atom is -0.170 e. The van der Waals surface area contributed by atoms with Gasteiger partial charge in [0.05, 0.1) is 0 Å². The van der Waals surface area contributed by atoms with Gasteiger partial charge in [0.1, 0.15) is 0 Å². The van der Waals surface area contributed by atoms with E-state index in [2.05, 4.69) is 10.9 Å². The lowest BCUT2D eigenvalue weighted by Crippen LogP contribution is -1.67. The number of aliphatic imine (C=N–C) groups is 1. The third kappa shape index (κ3) is 2.49. The van der Waals surface area contributed by atoms with Gasteiger partial charge in [-0.3, -0.25) is 0 Å². The fourth-order valence-electron chi connectivity index (χ4n) is 0.685. The maximum atomic E-state index is 8.05. The largest absolute Gasteiger partial charge is 0.214 e. The molecule has 0 aliphatic heterocycles. The van der Waals surface area contributed by atoms with E-state index in [1.807, 2.05) is 30.3 Å². The van der Waals surface area contributed by atoms with Gasteiger partial charge >= 0.3 is 0 Å². The van der Waals surface area contributed by atoms with Gasteiger partial charge in [-0.2, -0.15) is 5.26 Å². The molecule has 0 aromatic heterocycles. The molecule has 1 aromatic carbocycles. The number of nitrogens with zero attached hydrogens (tertiary/aromatic N) is 2. The molecule has 0 bridgehead atoms. The maximum Gasteiger partial charge on any atom is 0.214 e. The van der Waals surface area contributed by atoms with Crippen molar-refractivity contribution >= 4 is 11.9 Å². The molecule has 0 heterocycles. The zero-order valence-electron chi connectivity index (χ0n) is 5.86. The van der Waals surface area contributed by atoms with E-state index in [0.29, 0.717) is 0 Å². The Morgan fingerprint density at radius 1 is 1.27 bits per heavy atom. The molecule has 0 N–H and O–H groups in total. The average Bonchev–Trinajstić information content (AvgIpc) is 2.07. The lowest BCUT2D eigenvalue weighted by atomic mass is 10.2. The summed E-state index contributed by atoms with van der Waals surface area (Å²) in [6.45, 7) is 0. The van der Waals surface area contributed by atoms with Gasteiger partial charge in [-0.15, -0.1) is 4.99 Å². The van der Waals surface area contributed by atoms with Crippen LogP contribution in [0.1, 0.15) is 5.56 Å². The van der Waals surface area contributed by atoms with Crippen molar-refractivity contribution in [3.05, 3.63) is 35.9 Å². The number of nitriles is 1. The van der Waals surface area contributed by atoms with Crippen molar-refractivity contribution in [1.29, 1.82) is 5.26 Å². The molecule has 0 saturated carbocycles. The summed E-state index contributed by atoms with van der Waals surface area (Å²) < 4.78 is 0. The number of benzene rings is 1. The molecule has 0 radical (unpaired) electrons. The van der Waals surface area contributed by atoms with Gasteiger partial charge in [0.25, 0.3) is 0 Å². The van der Waals surface area contributed by atoms with Crippen LogP contribution >= 0.6 is 0 Å². The number of hydrogen-bond donors (Lipinski definition) is 0. The second kappa shape index (κ2) is 4.05. The molecule has 0 saturated heterocycles. The molecule has 1 rings (SSSR count). The zero-order valence-corrected chi connectivity index (χ0v) is 5.86. The highest BCUT2D eigenvalue weighted by molar-refractivity contribution is 5.78. The third-order valence-electron chi connectivity index (χ3n) is 1.15. The van der Waals surface area contributed by atoms with Crippen LogP contribution in [0, 0.1) is 11.5 Å². The first-order chi connectivity index (χ1) is 5.43. The molecule has 0 aliphatic carbocycles. The highest BCUT2D eigenvalue weighted by Gasteiger charge is 1.78. The van der Waals surface area contributed by atoms with Crippen molar-refractivity contribution in [2.24, 2.45) is 4.99 Å². The van der Waals surface area contributed by atoms with Crippen LogP contribution in [0.25, 0.3) is 6.08 Å². The first-order valence-corrected chi connectivity index (χ1v) is 3.16. The SMILES string of the molecule is N#CN=C=Cc1ccccc1. The van der Waals surface area contributed by atoms with E-state index < -0.39 is 0 Å². The topological polar surface area (TPSA) is 36.1 Å². The predicted molar refractivity (Wildman–Crippen MR) is 44.0 cm³/mol. The summed E-state index contributed by atoms with van der Waals surface area (Å²) >= 11 is 0. The molecular formula is C9H6N2. The Morgan fingerprint density at radius 2 is 2.00 bits per heavy atom. The highest BCUT2D eigenvalue weighted by Crippen LogP contribution is 1.97. The Labute approximate surface area is 65.1 Å². The highest BCUT2D eigenvalue weighted by atomic mass is 14.7. The van der Waals surface area contributed by atoms with E-state index >= 15 is 0 Å². The number of hydrogen-bond acceptors (Lipinski definition) is 2. The standard InChI is InChI=1S/C9H6N2/c10-8-11-7-6-9-4-2-1-3-5-9/h1-6H. The van der Waals surface area contributed by atoms with E-state index in [4.69, 9.17) is 5.26 Å². The second-order valence-corrected chi connectivity index (χ2v) is 1.90. The van der Waals surface area contributed by atoms with Gasteiger partial charge in [0.2, 0.25) is 6.19 Å². The Balaban J connectivity index is 2.82. The van der Waals surface area contributed by atoms with Crippen LogP contribution in [0.3, 0.4) is 0 Å². The lowest BCUT2D eigenvalue weighted by Gasteiger charge is -1.84. The quantitative estimate of drug-likeness (QED) is 0.435. The Hall–Kier alpha value is -1.84. The van der Waals surface area contributed by atoms with Crippen molar-refractivity contribution in [3.63, 3.8) is 0 Å². The summed E-state index contributed by atoms with van der Waals surface area (Å²) in [4.78, 5) is 3.27. The molecule has 0 atom stereocenters. The predicted octanol–water partition coefficient (Wildman–Crippen LogP) is 1.85. The van der Waals surface area contributed by atoms with E-state index in [-0.39, 0.29) is 0 Å². The molecule has 2 heteroatoms. The molecule has 0 spiro atoms. The molecule has 1 aromatic rings. The molecule has 0 unspecified atom stereocenters. The second-order valence-electron chi connectivity index (χ2n) is 1.90. The van der Waals surface area contributed by atoms with Gasteiger partial charge in [-0.1, -0.05) is 30.3 Å². The van der Waals surface area contributed by atoms with E-state index in [1.54, 1.807) is 12.3 Å². The smallest absolute Gasteiger partial charge is 0.170 e. The lowest BCUT2D eigenvalue weighted by molar-refractivity contribution is 1.45. The number of rotatable bonds is 1. The summed E-state index contributed by atoms with van der Waals surface area (Å²) in [5.74, 6) is 2.49. The molecule has 0 aliphatic rings. The van der Waals surface area contributed by atoms with Crippen LogP contribution in [0.5, 0.6) is 0 Å². The van der Waals surface area contributed by atoms with Crippen molar-refractivity contribution in [2.45, 2.75) is 0 Å². The summed E-state index contributed by atoms with van der Waals surface area (Å²) in [6.07, 6.45) is 3.28. The Bertz CT molecular complexity index is 313. The summed E-state index contributed by atoms with van der Waals surface area (Å²) in [6, 6.07) is 9.60. The minimum absolute atomic E-state index is 0.992. The van der Waals surface area contributed by atoms with Crippen molar-refractivity contribution < 1.29 is 0 Å².